The molecule has 0 unspecified atom stereocenters. The third-order valence-electron chi connectivity index (χ3n) is 4.19. The van der Waals surface area contributed by atoms with E-state index in [9.17, 15) is 31.5 Å². The number of carbonyl (C=O) groups excluding carboxylic acids is 2. The molecule has 0 bridgehead atoms. The summed E-state index contributed by atoms with van der Waals surface area (Å²) in [6, 6.07) is 12.4. The summed E-state index contributed by atoms with van der Waals surface area (Å²) in [4.78, 5) is 24.0. The summed E-state index contributed by atoms with van der Waals surface area (Å²) < 4.78 is 66.3. The number of Topliss-reactive ketones (excluding diaryl/α,β-unsaturated/α-hetero) is 1. The van der Waals surface area contributed by atoms with Gasteiger partial charge in [0.1, 0.15) is 5.69 Å². The lowest BCUT2D eigenvalue weighted by atomic mass is 10.0. The molecule has 2 N–H and O–H groups in total. The largest absolute Gasteiger partial charge is 0.294 e. The van der Waals surface area contributed by atoms with Crippen molar-refractivity contribution in [3.8, 4) is 0 Å². The molecule has 150 valence electrons. The van der Waals surface area contributed by atoms with E-state index in [1.807, 2.05) is 29.7 Å². The summed E-state index contributed by atoms with van der Waals surface area (Å²) in [7, 11) is 0. The van der Waals surface area contributed by atoms with Gasteiger partial charge in [0, 0.05) is 18.4 Å². The van der Waals surface area contributed by atoms with Gasteiger partial charge in [-0.3, -0.25) is 20.4 Å². The maximum absolute atomic E-state index is 13.5. The van der Waals surface area contributed by atoms with Crippen LogP contribution in [0.2, 0.25) is 0 Å². The summed E-state index contributed by atoms with van der Waals surface area (Å²) in [6.07, 6.45) is -0.586. The lowest BCUT2D eigenvalue weighted by Gasteiger charge is -2.11. The molecule has 0 saturated heterocycles. The number of benzene rings is 3. The van der Waals surface area contributed by atoms with Gasteiger partial charge in [-0.15, -0.1) is 0 Å². The van der Waals surface area contributed by atoms with Crippen molar-refractivity contribution >= 4 is 28.2 Å². The van der Waals surface area contributed by atoms with Gasteiger partial charge < -0.3 is 0 Å². The fourth-order valence-corrected chi connectivity index (χ4v) is 2.64. The van der Waals surface area contributed by atoms with Crippen molar-refractivity contribution < 1.29 is 31.5 Å². The van der Waals surface area contributed by atoms with Crippen LogP contribution in [0.25, 0.3) is 10.8 Å². The number of ketones is 1. The molecule has 0 spiro atoms. The average Bonchev–Trinajstić information content (AvgIpc) is 2.74. The first-order valence-electron chi connectivity index (χ1n) is 8.38. The molecule has 0 aliphatic carbocycles. The van der Waals surface area contributed by atoms with E-state index in [4.69, 9.17) is 0 Å². The first-order chi connectivity index (χ1) is 13.8. The monoisotopic (exact) mass is 408 g/mol. The molecule has 0 heterocycles. The maximum atomic E-state index is 13.5. The number of hydrazine groups is 1. The van der Waals surface area contributed by atoms with Gasteiger partial charge in [0.05, 0.1) is 0 Å². The zero-order valence-electron chi connectivity index (χ0n) is 14.7. The molecule has 29 heavy (non-hydrogen) atoms. The molecule has 0 radical (unpaired) electrons. The van der Waals surface area contributed by atoms with Gasteiger partial charge in [-0.25, -0.2) is 22.0 Å². The predicted octanol–water partition coefficient (Wildman–Crippen LogP) is 4.64. The van der Waals surface area contributed by atoms with Crippen molar-refractivity contribution in [1.82, 2.24) is 5.43 Å². The van der Waals surface area contributed by atoms with Crippen LogP contribution in [0, 0.1) is 29.1 Å². The first-order valence-corrected chi connectivity index (χ1v) is 8.38. The average molecular weight is 408 g/mol. The molecule has 9 heteroatoms. The number of amides is 1. The number of hydrogen-bond acceptors (Lipinski definition) is 3. The van der Waals surface area contributed by atoms with Crippen LogP contribution in [0.5, 0.6) is 0 Å². The Balaban J connectivity index is 1.61. The zero-order valence-corrected chi connectivity index (χ0v) is 14.7. The SMILES string of the molecule is O=C(CCC(=O)c1ccc2ccccc2c1)NNc1c(F)c(F)c(F)c(F)c1F. The number of halogens is 5. The molecule has 0 aliphatic heterocycles. The van der Waals surface area contributed by atoms with Crippen molar-refractivity contribution in [3.05, 3.63) is 77.1 Å². The van der Waals surface area contributed by atoms with E-state index in [1.165, 1.54) is 0 Å². The third-order valence-corrected chi connectivity index (χ3v) is 4.19. The molecule has 3 rings (SSSR count). The molecule has 0 aromatic heterocycles. The predicted molar refractivity (Wildman–Crippen MR) is 95.5 cm³/mol. The molecule has 3 aromatic rings. The fraction of sp³-hybridized carbons (Fsp3) is 0.100. The minimum absolute atomic E-state index is 0.219. The van der Waals surface area contributed by atoms with Gasteiger partial charge in [-0.1, -0.05) is 36.4 Å². The van der Waals surface area contributed by atoms with E-state index < -0.39 is 40.7 Å². The van der Waals surface area contributed by atoms with Crippen molar-refractivity contribution in [2.75, 3.05) is 5.43 Å². The Kier molecular flexibility index (Phi) is 5.76. The Hall–Kier alpha value is -3.49. The van der Waals surface area contributed by atoms with Gasteiger partial charge in [-0.05, 0) is 16.8 Å². The van der Waals surface area contributed by atoms with Crippen LogP contribution in [-0.4, -0.2) is 11.7 Å². The van der Waals surface area contributed by atoms with Crippen LogP contribution < -0.4 is 10.9 Å². The molecule has 1 amide bonds. The van der Waals surface area contributed by atoms with E-state index in [0.29, 0.717) is 5.56 Å². The smallest absolute Gasteiger partial charge is 0.238 e. The van der Waals surface area contributed by atoms with E-state index >= 15 is 0 Å². The molecule has 0 saturated carbocycles. The van der Waals surface area contributed by atoms with Gasteiger partial charge in [0.2, 0.25) is 11.7 Å². The van der Waals surface area contributed by atoms with Crippen LogP contribution in [0.1, 0.15) is 23.2 Å². The first kappa shape index (κ1) is 20.2. The van der Waals surface area contributed by atoms with Crippen LogP contribution in [0.15, 0.2) is 42.5 Å². The van der Waals surface area contributed by atoms with Gasteiger partial charge in [0.25, 0.3) is 0 Å². The highest BCUT2D eigenvalue weighted by Crippen LogP contribution is 2.26. The van der Waals surface area contributed by atoms with Crippen molar-refractivity contribution in [1.29, 1.82) is 0 Å². The summed E-state index contributed by atoms with van der Waals surface area (Å²) in [5, 5.41) is 1.78. The Morgan fingerprint density at radius 3 is 1.97 bits per heavy atom. The normalized spacial score (nSPS) is 10.8. The standard InChI is InChI=1S/C20H13F5N2O2/c21-15-16(22)18(24)20(19(25)17(15)23)27-26-14(29)8-7-13(28)12-6-5-10-3-1-2-4-11(10)9-12/h1-6,9,27H,7-8H2,(H,26,29). The summed E-state index contributed by atoms with van der Waals surface area (Å²) in [5.74, 6) is -12.1. The lowest BCUT2D eigenvalue weighted by Crippen LogP contribution is -2.31. The number of hydrogen-bond donors (Lipinski definition) is 2. The second-order valence-corrected chi connectivity index (χ2v) is 6.10. The maximum Gasteiger partial charge on any atom is 0.238 e. The molecule has 4 nitrogen and oxygen atoms in total. The number of nitrogens with one attached hydrogen (secondary N) is 2. The van der Waals surface area contributed by atoms with E-state index in [1.54, 1.807) is 23.6 Å². The summed E-state index contributed by atoms with van der Waals surface area (Å²) >= 11 is 0. The van der Waals surface area contributed by atoms with Gasteiger partial charge in [0.15, 0.2) is 29.1 Å². The second-order valence-electron chi connectivity index (χ2n) is 6.10. The Labute approximate surface area is 161 Å². The van der Waals surface area contributed by atoms with Gasteiger partial charge >= 0.3 is 0 Å². The van der Waals surface area contributed by atoms with Crippen LogP contribution in [0.3, 0.4) is 0 Å². The van der Waals surface area contributed by atoms with Crippen LogP contribution in [0.4, 0.5) is 27.6 Å². The molecule has 0 aliphatic rings. The number of fused-ring (bicyclic) bond motifs is 1. The summed E-state index contributed by atoms with van der Waals surface area (Å²) in [5.41, 5.74) is 2.47. The molecular weight excluding hydrogens is 395 g/mol. The quantitative estimate of drug-likeness (QED) is 0.205. The second kappa shape index (κ2) is 8.26. The number of anilines is 1. The zero-order chi connectivity index (χ0) is 21.1. The van der Waals surface area contributed by atoms with Crippen molar-refractivity contribution in [3.63, 3.8) is 0 Å². The van der Waals surface area contributed by atoms with Crippen molar-refractivity contribution in [2.24, 2.45) is 0 Å². The highest BCUT2D eigenvalue weighted by Gasteiger charge is 2.26. The number of rotatable bonds is 6. The molecule has 3 aromatic carbocycles. The van der Waals surface area contributed by atoms with Gasteiger partial charge in [-0.2, -0.15) is 0 Å². The topological polar surface area (TPSA) is 58.2 Å². The minimum Gasteiger partial charge on any atom is -0.294 e. The van der Waals surface area contributed by atoms with E-state index in [0.717, 1.165) is 10.8 Å². The molecular formula is C20H13F5N2O2. The Morgan fingerprint density at radius 2 is 1.31 bits per heavy atom. The Bertz CT molecular complexity index is 1090. The summed E-state index contributed by atoms with van der Waals surface area (Å²) in [6.45, 7) is 0. The van der Waals surface area contributed by atoms with Crippen LogP contribution >= 0.6 is 0 Å². The minimum atomic E-state index is -2.31. The van der Waals surface area contributed by atoms with Crippen molar-refractivity contribution in [2.45, 2.75) is 12.8 Å². The highest BCUT2D eigenvalue weighted by molar-refractivity contribution is 6.01. The highest BCUT2D eigenvalue weighted by atomic mass is 19.2. The lowest BCUT2D eigenvalue weighted by molar-refractivity contribution is -0.120. The molecule has 0 atom stereocenters. The van der Waals surface area contributed by atoms with E-state index in [-0.39, 0.29) is 18.6 Å². The van der Waals surface area contributed by atoms with Crippen LogP contribution in [-0.2, 0) is 4.79 Å². The third kappa shape index (κ3) is 4.18. The number of carbonyl (C=O) groups is 2. The fourth-order valence-electron chi connectivity index (χ4n) is 2.64. The molecule has 0 fully saturated rings. The Morgan fingerprint density at radius 1 is 0.724 bits per heavy atom. The van der Waals surface area contributed by atoms with E-state index in [2.05, 4.69) is 0 Å².